The first-order chi connectivity index (χ1) is 18.0. The average Bonchev–Trinajstić information content (AvgIpc) is 3.26. The Kier molecular flexibility index (Phi) is 7.40. The van der Waals surface area contributed by atoms with Gasteiger partial charge in [0.15, 0.2) is 6.10 Å². The summed E-state index contributed by atoms with van der Waals surface area (Å²) in [5.41, 5.74) is 2.83. The summed E-state index contributed by atoms with van der Waals surface area (Å²) in [5, 5.41) is 4.34. The quantitative estimate of drug-likeness (QED) is 0.467. The van der Waals surface area contributed by atoms with Gasteiger partial charge in [0.2, 0.25) is 5.91 Å². The SMILES string of the molecule is COc1ccc2[nH]cc(CCN3C(=O)C(C(C)C)Oc4ccccc4C3C(=O)NC3CCCCC3)c2c1. The zero-order valence-corrected chi connectivity index (χ0v) is 22.0. The second-order valence-corrected chi connectivity index (χ2v) is 10.6. The van der Waals surface area contributed by atoms with Crippen molar-refractivity contribution in [3.8, 4) is 11.5 Å². The maximum atomic E-state index is 14.0. The van der Waals surface area contributed by atoms with Crippen molar-refractivity contribution >= 4 is 22.7 Å². The second-order valence-electron chi connectivity index (χ2n) is 10.6. The van der Waals surface area contributed by atoms with E-state index in [9.17, 15) is 9.59 Å². The molecule has 0 saturated heterocycles. The summed E-state index contributed by atoms with van der Waals surface area (Å²) in [4.78, 5) is 32.9. The lowest BCUT2D eigenvalue weighted by molar-refractivity contribution is -0.146. The van der Waals surface area contributed by atoms with Crippen molar-refractivity contribution in [3.05, 3.63) is 59.8 Å². The van der Waals surface area contributed by atoms with Gasteiger partial charge in [-0.15, -0.1) is 0 Å². The number of aromatic amines is 1. The number of hydrogen-bond acceptors (Lipinski definition) is 4. The molecule has 1 aromatic heterocycles. The summed E-state index contributed by atoms with van der Waals surface area (Å²) in [6, 6.07) is 12.9. The molecule has 2 aromatic carbocycles. The maximum absolute atomic E-state index is 14.0. The number of nitrogens with one attached hydrogen (secondary N) is 2. The molecule has 1 saturated carbocycles. The summed E-state index contributed by atoms with van der Waals surface area (Å²) in [6.45, 7) is 4.36. The highest BCUT2D eigenvalue weighted by Gasteiger charge is 2.42. The molecule has 2 heterocycles. The monoisotopic (exact) mass is 503 g/mol. The number of para-hydroxylation sites is 1. The van der Waals surface area contributed by atoms with Crippen LogP contribution in [0.3, 0.4) is 0 Å². The number of aromatic nitrogens is 1. The number of fused-ring (bicyclic) bond motifs is 2. The van der Waals surface area contributed by atoms with E-state index in [2.05, 4.69) is 10.3 Å². The van der Waals surface area contributed by atoms with Crippen molar-refractivity contribution in [2.24, 2.45) is 5.92 Å². The number of amides is 2. The molecule has 2 unspecified atom stereocenters. The van der Waals surface area contributed by atoms with Crippen LogP contribution in [-0.4, -0.2) is 47.5 Å². The van der Waals surface area contributed by atoms with E-state index < -0.39 is 12.1 Å². The highest BCUT2D eigenvalue weighted by atomic mass is 16.5. The fourth-order valence-electron chi connectivity index (χ4n) is 5.66. The van der Waals surface area contributed by atoms with E-state index in [1.807, 2.05) is 62.5 Å². The molecular weight excluding hydrogens is 466 g/mol. The molecule has 0 spiro atoms. The van der Waals surface area contributed by atoms with E-state index in [1.165, 1.54) is 6.42 Å². The number of ether oxygens (including phenoxy) is 2. The van der Waals surface area contributed by atoms with Gasteiger partial charge in [-0.1, -0.05) is 51.3 Å². The summed E-state index contributed by atoms with van der Waals surface area (Å²) in [5.74, 6) is 1.08. The van der Waals surface area contributed by atoms with Gasteiger partial charge in [-0.3, -0.25) is 9.59 Å². The Labute approximate surface area is 218 Å². The predicted octanol–water partition coefficient (Wildman–Crippen LogP) is 5.15. The van der Waals surface area contributed by atoms with E-state index in [1.54, 1.807) is 12.0 Å². The number of rotatable bonds is 7. The van der Waals surface area contributed by atoms with Gasteiger partial charge >= 0.3 is 0 Å². The number of benzene rings is 2. The minimum Gasteiger partial charge on any atom is -0.497 e. The zero-order valence-electron chi connectivity index (χ0n) is 22.0. The molecule has 196 valence electrons. The first kappa shape index (κ1) is 25.2. The molecular formula is C30H37N3O4. The molecule has 1 fully saturated rings. The van der Waals surface area contributed by atoms with Crippen LogP contribution in [0.1, 0.15) is 63.1 Å². The topological polar surface area (TPSA) is 83.7 Å². The Morgan fingerprint density at radius 3 is 2.70 bits per heavy atom. The van der Waals surface area contributed by atoms with Gasteiger partial charge in [0.25, 0.3) is 5.91 Å². The average molecular weight is 504 g/mol. The van der Waals surface area contributed by atoms with Crippen molar-refractivity contribution in [2.75, 3.05) is 13.7 Å². The van der Waals surface area contributed by atoms with E-state index in [4.69, 9.17) is 9.47 Å². The zero-order chi connectivity index (χ0) is 25.9. The third-order valence-corrected chi connectivity index (χ3v) is 7.71. The first-order valence-electron chi connectivity index (χ1n) is 13.5. The van der Waals surface area contributed by atoms with Crippen molar-refractivity contribution in [3.63, 3.8) is 0 Å². The molecule has 0 radical (unpaired) electrons. The van der Waals surface area contributed by atoms with Crippen molar-refractivity contribution in [1.29, 1.82) is 0 Å². The molecule has 37 heavy (non-hydrogen) atoms. The van der Waals surface area contributed by atoms with E-state index >= 15 is 0 Å². The van der Waals surface area contributed by atoms with E-state index in [0.717, 1.165) is 53.5 Å². The Morgan fingerprint density at radius 2 is 1.95 bits per heavy atom. The van der Waals surface area contributed by atoms with Crippen LogP contribution < -0.4 is 14.8 Å². The van der Waals surface area contributed by atoms with Crippen LogP contribution in [0, 0.1) is 5.92 Å². The van der Waals surface area contributed by atoms with Crippen LogP contribution in [0.4, 0.5) is 0 Å². The normalized spacial score (nSPS) is 20.4. The molecule has 5 rings (SSSR count). The third kappa shape index (κ3) is 5.17. The van der Waals surface area contributed by atoms with E-state index in [-0.39, 0.29) is 23.8 Å². The highest BCUT2D eigenvalue weighted by Crippen LogP contribution is 2.36. The Balaban J connectivity index is 1.49. The van der Waals surface area contributed by atoms with Crippen molar-refractivity contribution in [2.45, 2.75) is 70.6 Å². The summed E-state index contributed by atoms with van der Waals surface area (Å²) in [7, 11) is 1.66. The van der Waals surface area contributed by atoms with Crippen LogP contribution in [0.2, 0.25) is 0 Å². The van der Waals surface area contributed by atoms with E-state index in [0.29, 0.717) is 18.7 Å². The molecule has 7 heteroatoms. The Hall–Kier alpha value is -3.48. The van der Waals surface area contributed by atoms with Gasteiger partial charge in [-0.25, -0.2) is 0 Å². The summed E-state index contributed by atoms with van der Waals surface area (Å²) >= 11 is 0. The number of H-pyrrole nitrogens is 1. The fourth-order valence-corrected chi connectivity index (χ4v) is 5.66. The standard InChI is InChI=1S/C30H37N3O4/c1-19(2)28-30(35)33(16-15-20-18-31-25-14-13-22(36-3)17-24(20)25)27(23-11-7-8-12-26(23)37-28)29(34)32-21-9-5-4-6-10-21/h7-8,11-14,17-19,21,27-28,31H,4-6,9-10,15-16H2,1-3H3,(H,32,34). The lowest BCUT2D eigenvalue weighted by Crippen LogP contribution is -2.50. The molecule has 7 nitrogen and oxygen atoms in total. The van der Waals surface area contributed by atoms with Gasteiger partial charge in [0, 0.05) is 35.2 Å². The van der Waals surface area contributed by atoms with Gasteiger partial charge in [-0.2, -0.15) is 0 Å². The Morgan fingerprint density at radius 1 is 1.16 bits per heavy atom. The lowest BCUT2D eigenvalue weighted by Gasteiger charge is -2.33. The van der Waals surface area contributed by atoms with Crippen LogP contribution >= 0.6 is 0 Å². The highest BCUT2D eigenvalue weighted by molar-refractivity contribution is 5.92. The molecule has 2 amide bonds. The minimum atomic E-state index is -0.742. The summed E-state index contributed by atoms with van der Waals surface area (Å²) in [6.07, 6.45) is 7.34. The van der Waals surface area contributed by atoms with Crippen molar-refractivity contribution < 1.29 is 19.1 Å². The first-order valence-corrected chi connectivity index (χ1v) is 13.5. The molecule has 2 N–H and O–H groups in total. The van der Waals surface area contributed by atoms with Crippen LogP contribution in [-0.2, 0) is 16.0 Å². The van der Waals surface area contributed by atoms with Gasteiger partial charge in [0.05, 0.1) is 7.11 Å². The molecule has 3 aromatic rings. The van der Waals surface area contributed by atoms with Crippen LogP contribution in [0.5, 0.6) is 11.5 Å². The summed E-state index contributed by atoms with van der Waals surface area (Å²) < 4.78 is 11.7. The molecule has 1 aliphatic carbocycles. The number of carbonyl (C=O) groups excluding carboxylic acids is 2. The molecule has 0 bridgehead atoms. The predicted molar refractivity (Wildman–Crippen MR) is 144 cm³/mol. The number of methoxy groups -OCH3 is 1. The van der Waals surface area contributed by atoms with Crippen LogP contribution in [0.15, 0.2) is 48.7 Å². The number of nitrogens with zero attached hydrogens (tertiary/aromatic N) is 1. The fraction of sp³-hybridized carbons (Fsp3) is 0.467. The third-order valence-electron chi connectivity index (χ3n) is 7.71. The van der Waals surface area contributed by atoms with Crippen molar-refractivity contribution in [1.82, 2.24) is 15.2 Å². The number of hydrogen-bond donors (Lipinski definition) is 2. The minimum absolute atomic E-state index is 0.0411. The molecule has 1 aliphatic heterocycles. The van der Waals surface area contributed by atoms with Gasteiger partial charge < -0.3 is 24.7 Å². The largest absolute Gasteiger partial charge is 0.497 e. The number of carbonyl (C=O) groups is 2. The lowest BCUT2D eigenvalue weighted by atomic mass is 9.94. The van der Waals surface area contributed by atoms with Gasteiger partial charge in [-0.05, 0) is 55.0 Å². The smallest absolute Gasteiger partial charge is 0.264 e. The van der Waals surface area contributed by atoms with Crippen LogP contribution in [0.25, 0.3) is 10.9 Å². The molecule has 2 atom stereocenters. The molecule has 2 aliphatic rings. The van der Waals surface area contributed by atoms with Gasteiger partial charge in [0.1, 0.15) is 17.5 Å². The maximum Gasteiger partial charge on any atom is 0.264 e. The Bertz CT molecular complexity index is 1260. The second kappa shape index (κ2) is 10.9.